The third kappa shape index (κ3) is 3.00. The van der Waals surface area contributed by atoms with Gasteiger partial charge in [-0.15, -0.1) is 0 Å². The Morgan fingerprint density at radius 1 is 1.24 bits per heavy atom. The van der Waals surface area contributed by atoms with Crippen molar-refractivity contribution in [2.75, 3.05) is 0 Å². The highest BCUT2D eigenvalue weighted by Gasteiger charge is 2.06. The average Bonchev–Trinajstić information content (AvgIpc) is 3.02. The Balaban J connectivity index is 1.83. The molecule has 0 aliphatic carbocycles. The molecule has 2 N–H and O–H groups in total. The second-order valence-corrected chi connectivity index (χ2v) is 5.79. The molecule has 0 fully saturated rings. The maximum Gasteiger partial charge on any atom is 0.110 e. The standard InChI is InChI=1S/C17H22N4/c1-13(18)11-14-3-4-15-5-8-21(16(15)12-14)9-6-17-19-7-10-20(17)2/h3-5,7-8,10,12-13H,6,9,11,18H2,1-2H3. The summed E-state index contributed by atoms with van der Waals surface area (Å²) in [6, 6.07) is 8.98. The molecule has 2 heterocycles. The zero-order valence-electron chi connectivity index (χ0n) is 12.7. The van der Waals surface area contributed by atoms with Crippen molar-refractivity contribution in [3.05, 3.63) is 54.2 Å². The van der Waals surface area contributed by atoms with Gasteiger partial charge in [0.1, 0.15) is 5.82 Å². The summed E-state index contributed by atoms with van der Waals surface area (Å²) in [7, 11) is 2.04. The summed E-state index contributed by atoms with van der Waals surface area (Å²) in [5.41, 5.74) is 8.48. The summed E-state index contributed by atoms with van der Waals surface area (Å²) in [5, 5.41) is 1.28. The van der Waals surface area contributed by atoms with Gasteiger partial charge in [0.2, 0.25) is 0 Å². The highest BCUT2D eigenvalue weighted by molar-refractivity contribution is 5.80. The lowest BCUT2D eigenvalue weighted by Gasteiger charge is -2.09. The van der Waals surface area contributed by atoms with Crippen LogP contribution in [-0.2, 0) is 26.4 Å². The third-order valence-electron chi connectivity index (χ3n) is 3.89. The predicted molar refractivity (Wildman–Crippen MR) is 86.2 cm³/mol. The first-order valence-electron chi connectivity index (χ1n) is 7.43. The van der Waals surface area contributed by atoms with Crippen molar-refractivity contribution < 1.29 is 0 Å². The predicted octanol–water partition coefficient (Wildman–Crippen LogP) is 2.51. The SMILES string of the molecule is CC(N)Cc1ccc2ccn(CCc3nccn3C)c2c1. The second kappa shape index (κ2) is 5.74. The molecule has 1 unspecified atom stereocenters. The van der Waals surface area contributed by atoms with Crippen LogP contribution in [0.3, 0.4) is 0 Å². The van der Waals surface area contributed by atoms with Gasteiger partial charge >= 0.3 is 0 Å². The Bertz CT molecular complexity index is 736. The summed E-state index contributed by atoms with van der Waals surface area (Å²) in [6.45, 7) is 2.99. The second-order valence-electron chi connectivity index (χ2n) is 5.79. The molecule has 0 saturated heterocycles. The van der Waals surface area contributed by atoms with Crippen LogP contribution in [0.2, 0.25) is 0 Å². The van der Waals surface area contributed by atoms with E-state index in [1.165, 1.54) is 16.5 Å². The highest BCUT2D eigenvalue weighted by Crippen LogP contribution is 2.19. The van der Waals surface area contributed by atoms with E-state index in [2.05, 4.69) is 44.6 Å². The van der Waals surface area contributed by atoms with Crippen LogP contribution in [0.5, 0.6) is 0 Å². The minimum Gasteiger partial charge on any atom is -0.347 e. The molecule has 3 rings (SSSR count). The van der Waals surface area contributed by atoms with Crippen LogP contribution in [0.1, 0.15) is 18.3 Å². The number of hydrogen-bond acceptors (Lipinski definition) is 2. The van der Waals surface area contributed by atoms with Crippen molar-refractivity contribution in [2.45, 2.75) is 32.4 Å². The molecule has 1 atom stereocenters. The minimum absolute atomic E-state index is 0.193. The Labute approximate surface area is 125 Å². The molecule has 3 aromatic rings. The van der Waals surface area contributed by atoms with Gasteiger partial charge in [0.15, 0.2) is 0 Å². The van der Waals surface area contributed by atoms with E-state index < -0.39 is 0 Å². The van der Waals surface area contributed by atoms with Crippen LogP contribution >= 0.6 is 0 Å². The summed E-state index contributed by atoms with van der Waals surface area (Å²) < 4.78 is 4.38. The van der Waals surface area contributed by atoms with Crippen molar-refractivity contribution in [2.24, 2.45) is 12.8 Å². The molecule has 0 aliphatic heterocycles. The molecule has 110 valence electrons. The monoisotopic (exact) mass is 282 g/mol. The van der Waals surface area contributed by atoms with E-state index in [1.807, 2.05) is 26.4 Å². The normalized spacial score (nSPS) is 12.9. The molecule has 2 aromatic heterocycles. The van der Waals surface area contributed by atoms with Gasteiger partial charge in [-0.2, -0.15) is 0 Å². The van der Waals surface area contributed by atoms with E-state index in [0.29, 0.717) is 0 Å². The number of fused-ring (bicyclic) bond motifs is 1. The number of aryl methyl sites for hydroxylation is 3. The quantitative estimate of drug-likeness (QED) is 0.781. The molecular weight excluding hydrogens is 260 g/mol. The third-order valence-corrected chi connectivity index (χ3v) is 3.89. The topological polar surface area (TPSA) is 48.8 Å². The number of nitrogens with zero attached hydrogens (tertiary/aromatic N) is 3. The van der Waals surface area contributed by atoms with Crippen LogP contribution in [0.15, 0.2) is 42.9 Å². The molecule has 4 nitrogen and oxygen atoms in total. The molecule has 0 aliphatic rings. The minimum atomic E-state index is 0.193. The Kier molecular flexibility index (Phi) is 3.80. The molecule has 0 spiro atoms. The van der Waals surface area contributed by atoms with Crippen molar-refractivity contribution in [3.63, 3.8) is 0 Å². The molecule has 0 amide bonds. The Morgan fingerprint density at radius 3 is 2.81 bits per heavy atom. The highest BCUT2D eigenvalue weighted by atomic mass is 15.0. The van der Waals surface area contributed by atoms with Crippen LogP contribution in [0.25, 0.3) is 10.9 Å². The fourth-order valence-electron chi connectivity index (χ4n) is 2.78. The van der Waals surface area contributed by atoms with Gasteiger partial charge in [0, 0.05) is 50.2 Å². The van der Waals surface area contributed by atoms with Gasteiger partial charge in [-0.05, 0) is 36.4 Å². The zero-order valence-corrected chi connectivity index (χ0v) is 12.7. The maximum absolute atomic E-state index is 5.90. The molecule has 21 heavy (non-hydrogen) atoms. The first-order chi connectivity index (χ1) is 10.1. The van der Waals surface area contributed by atoms with E-state index in [9.17, 15) is 0 Å². The van der Waals surface area contributed by atoms with Crippen molar-refractivity contribution in [1.82, 2.24) is 14.1 Å². The van der Waals surface area contributed by atoms with E-state index in [0.717, 1.165) is 25.2 Å². The molecule has 1 aromatic carbocycles. The Hall–Kier alpha value is -2.07. The van der Waals surface area contributed by atoms with Crippen molar-refractivity contribution in [1.29, 1.82) is 0 Å². The number of rotatable bonds is 5. The van der Waals surface area contributed by atoms with Gasteiger partial charge in [0.05, 0.1) is 0 Å². The lowest BCUT2D eigenvalue weighted by Crippen LogP contribution is -2.17. The van der Waals surface area contributed by atoms with E-state index in [1.54, 1.807) is 0 Å². The maximum atomic E-state index is 5.90. The fourth-order valence-corrected chi connectivity index (χ4v) is 2.78. The number of benzene rings is 1. The summed E-state index contributed by atoms with van der Waals surface area (Å²) in [6.07, 6.45) is 7.85. The van der Waals surface area contributed by atoms with Crippen molar-refractivity contribution >= 4 is 10.9 Å². The molecule has 0 saturated carbocycles. The fraction of sp³-hybridized carbons (Fsp3) is 0.353. The average molecular weight is 282 g/mol. The van der Waals surface area contributed by atoms with Crippen LogP contribution in [0.4, 0.5) is 0 Å². The van der Waals surface area contributed by atoms with Crippen LogP contribution < -0.4 is 5.73 Å². The number of hydrogen-bond donors (Lipinski definition) is 1. The van der Waals surface area contributed by atoms with Crippen molar-refractivity contribution in [3.8, 4) is 0 Å². The molecular formula is C17H22N4. The lowest BCUT2D eigenvalue weighted by molar-refractivity contribution is 0.667. The summed E-state index contributed by atoms with van der Waals surface area (Å²) in [5.74, 6) is 1.11. The van der Waals surface area contributed by atoms with Crippen LogP contribution in [0, 0.1) is 0 Å². The first-order valence-corrected chi connectivity index (χ1v) is 7.43. The lowest BCUT2D eigenvalue weighted by atomic mass is 10.1. The van der Waals surface area contributed by atoms with Gasteiger partial charge < -0.3 is 14.9 Å². The van der Waals surface area contributed by atoms with Gasteiger partial charge in [-0.1, -0.05) is 12.1 Å². The summed E-state index contributed by atoms with van der Waals surface area (Å²) >= 11 is 0. The zero-order chi connectivity index (χ0) is 14.8. The molecule has 0 radical (unpaired) electrons. The van der Waals surface area contributed by atoms with Crippen LogP contribution in [-0.4, -0.2) is 20.2 Å². The molecule has 0 bridgehead atoms. The first kappa shape index (κ1) is 13.9. The number of nitrogens with two attached hydrogens (primary N) is 1. The summed E-state index contributed by atoms with van der Waals surface area (Å²) in [4.78, 5) is 4.39. The number of aromatic nitrogens is 3. The smallest absolute Gasteiger partial charge is 0.110 e. The Morgan fingerprint density at radius 2 is 2.10 bits per heavy atom. The number of imidazole rings is 1. The van der Waals surface area contributed by atoms with Gasteiger partial charge in [-0.3, -0.25) is 0 Å². The van der Waals surface area contributed by atoms with Gasteiger partial charge in [-0.25, -0.2) is 4.98 Å². The molecule has 4 heteroatoms. The van der Waals surface area contributed by atoms with E-state index >= 15 is 0 Å². The van der Waals surface area contributed by atoms with E-state index in [4.69, 9.17) is 5.73 Å². The van der Waals surface area contributed by atoms with Gasteiger partial charge in [0.25, 0.3) is 0 Å². The van der Waals surface area contributed by atoms with E-state index in [-0.39, 0.29) is 6.04 Å². The largest absolute Gasteiger partial charge is 0.347 e.